The van der Waals surface area contributed by atoms with E-state index in [0.29, 0.717) is 15.9 Å². The van der Waals surface area contributed by atoms with Crippen molar-refractivity contribution in [1.82, 2.24) is 0 Å². The fourth-order valence-electron chi connectivity index (χ4n) is 1.29. The summed E-state index contributed by atoms with van der Waals surface area (Å²) >= 11 is 12.1. The average molecular weight is 250 g/mol. The lowest BCUT2D eigenvalue weighted by Crippen LogP contribution is -1.89. The van der Waals surface area contributed by atoms with Gasteiger partial charge in [0.25, 0.3) is 0 Å². The number of halogens is 2. The second kappa shape index (κ2) is 5.15. The van der Waals surface area contributed by atoms with Gasteiger partial charge in [-0.25, -0.2) is 4.99 Å². The van der Waals surface area contributed by atoms with Crippen LogP contribution in [0.3, 0.4) is 0 Å². The molecule has 0 aliphatic heterocycles. The topological polar surface area (TPSA) is 12.4 Å². The molecule has 0 unspecified atom stereocenters. The lowest BCUT2D eigenvalue weighted by Gasteiger charge is -2.00. The summed E-state index contributed by atoms with van der Waals surface area (Å²) in [5, 5.41) is 1.03. The summed E-state index contributed by atoms with van der Waals surface area (Å²) in [7, 11) is 0. The molecule has 1 nitrogen and oxygen atoms in total. The highest BCUT2D eigenvalue weighted by Crippen LogP contribution is 2.25. The smallest absolute Gasteiger partial charge is 0.137 e. The molecule has 0 fully saturated rings. The van der Waals surface area contributed by atoms with E-state index in [2.05, 4.69) is 4.99 Å². The minimum Gasteiger partial charge on any atom is -0.235 e. The van der Waals surface area contributed by atoms with Crippen LogP contribution in [0.1, 0.15) is 5.56 Å². The lowest BCUT2D eigenvalue weighted by atomic mass is 10.2. The highest BCUT2D eigenvalue weighted by molar-refractivity contribution is 6.69. The van der Waals surface area contributed by atoms with Crippen molar-refractivity contribution in [3.63, 3.8) is 0 Å². The van der Waals surface area contributed by atoms with Gasteiger partial charge < -0.3 is 0 Å². The predicted octanol–water partition coefficient (Wildman–Crippen LogP) is 4.66. The van der Waals surface area contributed by atoms with Crippen LogP contribution in [0.25, 0.3) is 0 Å². The summed E-state index contributed by atoms with van der Waals surface area (Å²) in [5.41, 5.74) is 1.56. The van der Waals surface area contributed by atoms with Crippen molar-refractivity contribution in [3.05, 3.63) is 65.2 Å². The number of para-hydroxylation sites is 1. The first-order chi connectivity index (χ1) is 7.77. The summed E-state index contributed by atoms with van der Waals surface area (Å²) in [4.78, 5) is 4.28. The molecule has 2 aromatic carbocycles. The molecular formula is C13H9Cl2N. The molecule has 0 bridgehead atoms. The molecule has 0 heterocycles. The maximum absolute atomic E-state index is 6.10. The molecule has 0 spiro atoms. The highest BCUT2D eigenvalue weighted by Gasteiger charge is 2.01. The Bertz CT molecular complexity index is 506. The molecule has 0 saturated carbocycles. The number of hydrogen-bond acceptors (Lipinski definition) is 1. The van der Waals surface area contributed by atoms with Crippen LogP contribution < -0.4 is 0 Å². The van der Waals surface area contributed by atoms with Crippen LogP contribution >= 0.6 is 23.2 Å². The summed E-state index contributed by atoms with van der Waals surface area (Å²) in [5.74, 6) is 0. The Labute approximate surface area is 104 Å². The van der Waals surface area contributed by atoms with E-state index in [-0.39, 0.29) is 0 Å². The minimum atomic E-state index is 0.439. The van der Waals surface area contributed by atoms with Gasteiger partial charge in [-0.3, -0.25) is 0 Å². The maximum Gasteiger partial charge on any atom is 0.137 e. The van der Waals surface area contributed by atoms with Crippen LogP contribution in [0.15, 0.2) is 59.6 Å². The van der Waals surface area contributed by atoms with Crippen LogP contribution in [-0.2, 0) is 0 Å². The van der Waals surface area contributed by atoms with E-state index in [9.17, 15) is 0 Å². The Hall–Kier alpha value is -1.31. The third-order valence-corrected chi connectivity index (χ3v) is 2.71. The fourth-order valence-corrected chi connectivity index (χ4v) is 1.68. The van der Waals surface area contributed by atoms with Crippen molar-refractivity contribution in [2.45, 2.75) is 0 Å². The van der Waals surface area contributed by atoms with Gasteiger partial charge >= 0.3 is 0 Å². The third kappa shape index (κ3) is 2.63. The second-order valence-corrected chi connectivity index (χ2v) is 3.99. The van der Waals surface area contributed by atoms with Gasteiger partial charge in [0.15, 0.2) is 0 Å². The lowest BCUT2D eigenvalue weighted by molar-refractivity contribution is 1.52. The van der Waals surface area contributed by atoms with Gasteiger partial charge in [-0.2, -0.15) is 0 Å². The summed E-state index contributed by atoms with van der Waals surface area (Å²) in [6.45, 7) is 0. The number of rotatable bonds is 2. The highest BCUT2D eigenvalue weighted by atomic mass is 35.5. The molecule has 0 atom stereocenters. The van der Waals surface area contributed by atoms with E-state index in [4.69, 9.17) is 23.2 Å². The van der Waals surface area contributed by atoms with E-state index in [1.165, 1.54) is 0 Å². The maximum atomic E-state index is 6.10. The third-order valence-electron chi connectivity index (χ3n) is 2.08. The molecule has 80 valence electrons. The van der Waals surface area contributed by atoms with Crippen molar-refractivity contribution in [2.75, 3.05) is 0 Å². The van der Waals surface area contributed by atoms with E-state index in [0.717, 1.165) is 5.56 Å². The number of benzene rings is 2. The Balaban J connectivity index is 2.36. The van der Waals surface area contributed by atoms with Crippen molar-refractivity contribution in [2.24, 2.45) is 4.99 Å². The molecule has 2 rings (SSSR count). The zero-order valence-electron chi connectivity index (χ0n) is 8.40. The zero-order valence-corrected chi connectivity index (χ0v) is 9.91. The molecule has 3 heteroatoms. The molecule has 0 aliphatic rings. The van der Waals surface area contributed by atoms with Crippen LogP contribution in [0, 0.1) is 0 Å². The molecule has 0 aliphatic carbocycles. The normalized spacial score (nSPS) is 11.5. The first-order valence-corrected chi connectivity index (χ1v) is 5.57. The van der Waals surface area contributed by atoms with Crippen LogP contribution in [0.5, 0.6) is 0 Å². The van der Waals surface area contributed by atoms with Crippen LogP contribution in [0.4, 0.5) is 5.69 Å². The summed E-state index contributed by atoms with van der Waals surface area (Å²) < 4.78 is 0. The van der Waals surface area contributed by atoms with Gasteiger partial charge in [-0.05, 0) is 12.1 Å². The van der Waals surface area contributed by atoms with Gasteiger partial charge in [-0.15, -0.1) is 0 Å². The largest absolute Gasteiger partial charge is 0.235 e. The SMILES string of the molecule is ClC(=Nc1ccccc1Cl)c1ccccc1. The predicted molar refractivity (Wildman–Crippen MR) is 69.9 cm³/mol. The van der Waals surface area contributed by atoms with Gasteiger partial charge in [0.2, 0.25) is 0 Å². The van der Waals surface area contributed by atoms with E-state index in [1.807, 2.05) is 48.5 Å². The van der Waals surface area contributed by atoms with Gasteiger partial charge in [0, 0.05) is 5.56 Å². The van der Waals surface area contributed by atoms with E-state index < -0.39 is 0 Å². The quantitative estimate of drug-likeness (QED) is 0.687. The summed E-state index contributed by atoms with van der Waals surface area (Å²) in [6, 6.07) is 16.9. The zero-order chi connectivity index (χ0) is 11.4. The molecule has 16 heavy (non-hydrogen) atoms. The Kier molecular flexibility index (Phi) is 3.60. The van der Waals surface area contributed by atoms with Crippen molar-refractivity contribution in [3.8, 4) is 0 Å². The molecule has 2 aromatic rings. The van der Waals surface area contributed by atoms with Gasteiger partial charge in [-0.1, -0.05) is 65.7 Å². The number of hydrogen-bond donors (Lipinski definition) is 0. The summed E-state index contributed by atoms with van der Waals surface area (Å²) in [6.07, 6.45) is 0. The standard InChI is InChI=1S/C13H9Cl2N/c14-11-8-4-5-9-12(11)16-13(15)10-6-2-1-3-7-10/h1-9H. The first kappa shape index (κ1) is 11.2. The van der Waals surface area contributed by atoms with Gasteiger partial charge in [0.05, 0.1) is 10.7 Å². The Morgan fingerprint density at radius 3 is 2.19 bits per heavy atom. The average Bonchev–Trinajstić information content (AvgIpc) is 2.33. The second-order valence-electron chi connectivity index (χ2n) is 3.22. The monoisotopic (exact) mass is 249 g/mol. The molecule has 0 N–H and O–H groups in total. The number of aliphatic imine (C=N–C) groups is 1. The van der Waals surface area contributed by atoms with Crippen LogP contribution in [-0.4, -0.2) is 5.17 Å². The molecule has 0 saturated heterocycles. The van der Waals surface area contributed by atoms with E-state index >= 15 is 0 Å². The minimum absolute atomic E-state index is 0.439. The van der Waals surface area contributed by atoms with Crippen LogP contribution in [0.2, 0.25) is 5.02 Å². The van der Waals surface area contributed by atoms with Crippen molar-refractivity contribution in [1.29, 1.82) is 0 Å². The molecular weight excluding hydrogens is 241 g/mol. The molecule has 0 amide bonds. The van der Waals surface area contributed by atoms with Gasteiger partial charge in [0.1, 0.15) is 5.17 Å². The molecule has 0 radical (unpaired) electrons. The Morgan fingerprint density at radius 1 is 0.875 bits per heavy atom. The molecule has 0 aromatic heterocycles. The van der Waals surface area contributed by atoms with Crippen molar-refractivity contribution < 1.29 is 0 Å². The Morgan fingerprint density at radius 2 is 1.50 bits per heavy atom. The number of nitrogens with zero attached hydrogens (tertiary/aromatic N) is 1. The van der Waals surface area contributed by atoms with Crippen molar-refractivity contribution >= 4 is 34.1 Å². The van der Waals surface area contributed by atoms with E-state index in [1.54, 1.807) is 6.07 Å². The first-order valence-electron chi connectivity index (χ1n) is 4.81. The fraction of sp³-hybridized carbons (Fsp3) is 0.